The zero-order chi connectivity index (χ0) is 24.0. The number of nitrogens with one attached hydrogen (secondary N) is 1. The highest BCUT2D eigenvalue weighted by Gasteiger charge is 2.27. The van der Waals surface area contributed by atoms with Crippen LogP contribution in [0.3, 0.4) is 0 Å². The van der Waals surface area contributed by atoms with E-state index in [2.05, 4.69) is 21.2 Å². The number of carbonyl (C=O) groups is 1. The van der Waals surface area contributed by atoms with Crippen LogP contribution in [0.15, 0.2) is 76.1 Å². The minimum absolute atomic E-state index is 0.112. The van der Waals surface area contributed by atoms with Crippen LogP contribution in [-0.2, 0) is 21.4 Å². The van der Waals surface area contributed by atoms with E-state index in [1.807, 2.05) is 6.92 Å². The van der Waals surface area contributed by atoms with Crippen LogP contribution in [0.25, 0.3) is 0 Å². The Hall–Kier alpha value is -3.04. The molecule has 0 unspecified atom stereocenters. The normalized spacial score (nSPS) is 11.0. The SMILES string of the molecule is COc1ccc(CNC(=O)CN(c2cccc(Br)c2)S(=O)(=O)c2ccc(C)cc2)cc1OC. The van der Waals surface area contributed by atoms with E-state index in [1.165, 1.54) is 19.2 Å². The van der Waals surface area contributed by atoms with Crippen LogP contribution in [0.5, 0.6) is 11.5 Å². The fourth-order valence-electron chi connectivity index (χ4n) is 3.16. The van der Waals surface area contributed by atoms with Crippen LogP contribution >= 0.6 is 15.9 Å². The minimum Gasteiger partial charge on any atom is -0.493 e. The van der Waals surface area contributed by atoms with Gasteiger partial charge in [0.2, 0.25) is 5.91 Å². The average Bonchev–Trinajstić information content (AvgIpc) is 2.81. The second-order valence-electron chi connectivity index (χ2n) is 7.27. The highest BCUT2D eigenvalue weighted by atomic mass is 79.9. The number of aryl methyl sites for hydroxylation is 1. The number of amides is 1. The Morgan fingerprint density at radius 3 is 2.30 bits per heavy atom. The summed E-state index contributed by atoms with van der Waals surface area (Å²) < 4.78 is 39.2. The van der Waals surface area contributed by atoms with E-state index < -0.39 is 15.9 Å². The van der Waals surface area contributed by atoms with Crippen molar-refractivity contribution in [2.75, 3.05) is 25.1 Å². The summed E-state index contributed by atoms with van der Waals surface area (Å²) in [7, 11) is -0.891. The van der Waals surface area contributed by atoms with E-state index in [9.17, 15) is 13.2 Å². The molecule has 0 fully saturated rings. The van der Waals surface area contributed by atoms with Gasteiger partial charge in [-0.3, -0.25) is 9.10 Å². The van der Waals surface area contributed by atoms with Gasteiger partial charge in [-0.05, 0) is 55.0 Å². The molecule has 0 bridgehead atoms. The lowest BCUT2D eigenvalue weighted by molar-refractivity contribution is -0.119. The zero-order valence-electron chi connectivity index (χ0n) is 18.5. The van der Waals surface area contributed by atoms with Gasteiger partial charge in [0.25, 0.3) is 10.0 Å². The van der Waals surface area contributed by atoms with Gasteiger partial charge in [0.1, 0.15) is 6.54 Å². The Labute approximate surface area is 202 Å². The predicted octanol–water partition coefficient (Wildman–Crippen LogP) is 4.29. The molecule has 174 valence electrons. The number of methoxy groups -OCH3 is 2. The average molecular weight is 533 g/mol. The van der Waals surface area contributed by atoms with Crippen LogP contribution < -0.4 is 19.1 Å². The van der Waals surface area contributed by atoms with Crippen molar-refractivity contribution in [2.24, 2.45) is 0 Å². The maximum absolute atomic E-state index is 13.4. The molecule has 0 heterocycles. The summed E-state index contributed by atoms with van der Waals surface area (Å²) in [6.45, 7) is 1.71. The summed E-state index contributed by atoms with van der Waals surface area (Å²) >= 11 is 3.37. The quantitative estimate of drug-likeness (QED) is 0.444. The smallest absolute Gasteiger partial charge is 0.264 e. The Morgan fingerprint density at radius 1 is 0.970 bits per heavy atom. The molecule has 0 aliphatic rings. The number of halogens is 1. The number of ether oxygens (including phenoxy) is 2. The lowest BCUT2D eigenvalue weighted by Crippen LogP contribution is -2.40. The molecule has 0 radical (unpaired) electrons. The molecule has 0 aliphatic heterocycles. The Kier molecular flexibility index (Phi) is 7.99. The van der Waals surface area contributed by atoms with Crippen LogP contribution in [0.2, 0.25) is 0 Å². The molecule has 3 aromatic carbocycles. The molecule has 0 atom stereocenters. The number of hydrogen-bond acceptors (Lipinski definition) is 5. The maximum atomic E-state index is 13.4. The molecule has 3 aromatic rings. The summed E-state index contributed by atoms with van der Waals surface area (Å²) in [5.41, 5.74) is 2.11. The highest BCUT2D eigenvalue weighted by molar-refractivity contribution is 9.10. The van der Waals surface area contributed by atoms with E-state index in [0.717, 1.165) is 15.4 Å². The molecular weight excluding hydrogens is 508 g/mol. The van der Waals surface area contributed by atoms with Gasteiger partial charge < -0.3 is 14.8 Å². The molecule has 0 aromatic heterocycles. The van der Waals surface area contributed by atoms with Crippen LogP contribution in [-0.4, -0.2) is 35.1 Å². The molecule has 0 spiro atoms. The number of carbonyl (C=O) groups excluding carboxylic acids is 1. The summed E-state index contributed by atoms with van der Waals surface area (Å²) in [6.07, 6.45) is 0. The van der Waals surface area contributed by atoms with Gasteiger partial charge in [-0.2, -0.15) is 0 Å². The van der Waals surface area contributed by atoms with Gasteiger partial charge in [-0.15, -0.1) is 0 Å². The maximum Gasteiger partial charge on any atom is 0.264 e. The number of benzene rings is 3. The van der Waals surface area contributed by atoms with Gasteiger partial charge in [0, 0.05) is 11.0 Å². The van der Waals surface area contributed by atoms with Crippen molar-refractivity contribution in [3.05, 3.63) is 82.3 Å². The van der Waals surface area contributed by atoms with Gasteiger partial charge >= 0.3 is 0 Å². The third-order valence-electron chi connectivity index (χ3n) is 4.93. The molecule has 1 N–H and O–H groups in total. The monoisotopic (exact) mass is 532 g/mol. The summed E-state index contributed by atoms with van der Waals surface area (Å²) in [5, 5.41) is 2.78. The minimum atomic E-state index is -3.97. The number of hydrogen-bond donors (Lipinski definition) is 1. The van der Waals surface area contributed by atoms with E-state index in [4.69, 9.17) is 9.47 Å². The first-order valence-corrected chi connectivity index (χ1v) is 12.3. The molecule has 0 saturated carbocycles. The van der Waals surface area contributed by atoms with Crippen molar-refractivity contribution < 1.29 is 22.7 Å². The van der Waals surface area contributed by atoms with Crippen molar-refractivity contribution in [1.29, 1.82) is 0 Å². The first kappa shape index (κ1) is 24.6. The molecule has 0 saturated heterocycles. The number of sulfonamides is 1. The standard InChI is InChI=1S/C24H25BrN2O5S/c1-17-7-10-21(11-8-17)33(29,30)27(20-6-4-5-19(25)14-20)16-24(28)26-15-18-9-12-22(31-2)23(13-18)32-3/h4-14H,15-16H2,1-3H3,(H,26,28). The number of anilines is 1. The summed E-state index contributed by atoms with van der Waals surface area (Å²) in [4.78, 5) is 12.9. The van der Waals surface area contributed by atoms with Crippen LogP contribution in [0.4, 0.5) is 5.69 Å². The Bertz CT molecular complexity index is 1230. The first-order valence-electron chi connectivity index (χ1n) is 10.1. The molecule has 9 heteroatoms. The van der Waals surface area contributed by atoms with Crippen molar-refractivity contribution in [1.82, 2.24) is 5.32 Å². The van der Waals surface area contributed by atoms with Gasteiger partial charge in [0.05, 0.1) is 24.8 Å². The lowest BCUT2D eigenvalue weighted by Gasteiger charge is -2.24. The molecule has 3 rings (SSSR count). The van der Waals surface area contributed by atoms with Gasteiger partial charge in [-0.25, -0.2) is 8.42 Å². The third kappa shape index (κ3) is 6.06. The summed E-state index contributed by atoms with van der Waals surface area (Å²) in [5.74, 6) is 0.681. The zero-order valence-corrected chi connectivity index (χ0v) is 20.9. The van der Waals surface area contributed by atoms with E-state index in [0.29, 0.717) is 21.7 Å². The Balaban J connectivity index is 1.83. The molecule has 33 heavy (non-hydrogen) atoms. The van der Waals surface area contributed by atoms with E-state index >= 15 is 0 Å². The molecule has 0 aliphatic carbocycles. The molecule has 1 amide bonds. The first-order chi connectivity index (χ1) is 15.7. The van der Waals surface area contributed by atoms with Crippen molar-refractivity contribution in [2.45, 2.75) is 18.4 Å². The van der Waals surface area contributed by atoms with Crippen molar-refractivity contribution in [3.63, 3.8) is 0 Å². The van der Waals surface area contributed by atoms with Gasteiger partial charge in [-0.1, -0.05) is 45.8 Å². The summed E-state index contributed by atoms with van der Waals surface area (Å²) in [6, 6.07) is 18.7. The van der Waals surface area contributed by atoms with Crippen LogP contribution in [0, 0.1) is 6.92 Å². The largest absolute Gasteiger partial charge is 0.493 e. The Morgan fingerprint density at radius 2 is 1.67 bits per heavy atom. The van der Waals surface area contributed by atoms with E-state index in [1.54, 1.807) is 61.7 Å². The fraction of sp³-hybridized carbons (Fsp3) is 0.208. The third-order valence-corrected chi connectivity index (χ3v) is 7.21. The second kappa shape index (κ2) is 10.7. The lowest BCUT2D eigenvalue weighted by atomic mass is 10.2. The highest BCUT2D eigenvalue weighted by Crippen LogP contribution is 2.28. The molecular formula is C24H25BrN2O5S. The molecule has 7 nitrogen and oxygen atoms in total. The second-order valence-corrected chi connectivity index (χ2v) is 10.0. The topological polar surface area (TPSA) is 84.9 Å². The van der Waals surface area contributed by atoms with Crippen molar-refractivity contribution in [3.8, 4) is 11.5 Å². The number of rotatable bonds is 9. The predicted molar refractivity (Wildman–Crippen MR) is 131 cm³/mol. The van der Waals surface area contributed by atoms with Crippen molar-refractivity contribution >= 4 is 37.5 Å². The number of nitrogens with zero attached hydrogens (tertiary/aromatic N) is 1. The fourth-order valence-corrected chi connectivity index (χ4v) is 4.96. The van der Waals surface area contributed by atoms with Gasteiger partial charge in [0.15, 0.2) is 11.5 Å². The van der Waals surface area contributed by atoms with Crippen LogP contribution in [0.1, 0.15) is 11.1 Å². The van der Waals surface area contributed by atoms with E-state index in [-0.39, 0.29) is 18.0 Å².